The Morgan fingerprint density at radius 1 is 0.500 bits per heavy atom. The molecule has 0 spiro atoms. The molecule has 0 aliphatic heterocycles. The van der Waals surface area contributed by atoms with Gasteiger partial charge in [-0.2, -0.15) is 43.9 Å². The number of allylic oxidation sites excluding steroid dienone is 2. The van der Waals surface area contributed by atoms with Gasteiger partial charge in [-0.25, -0.2) is 8.78 Å². The molecule has 0 bridgehead atoms. The van der Waals surface area contributed by atoms with Gasteiger partial charge >= 0.3 is 24.2 Å². The minimum atomic E-state index is -7.15. The van der Waals surface area contributed by atoms with Crippen LogP contribution in [0.25, 0.3) is 0 Å². The van der Waals surface area contributed by atoms with Crippen LogP contribution in [0.4, 0.5) is 52.7 Å². The van der Waals surface area contributed by atoms with E-state index in [0.717, 1.165) is 0 Å². The van der Waals surface area contributed by atoms with Gasteiger partial charge in [0.05, 0.1) is 0 Å². The zero-order chi connectivity index (χ0) is 15.2. The highest BCUT2D eigenvalue weighted by atomic mass is 19.4. The van der Waals surface area contributed by atoms with Crippen molar-refractivity contribution < 1.29 is 52.7 Å². The molecule has 0 aromatic carbocycles. The third-order valence-corrected chi connectivity index (χ3v) is 1.53. The lowest BCUT2D eigenvalue weighted by molar-refractivity contribution is -0.332. The molecule has 0 rings (SSSR count). The van der Waals surface area contributed by atoms with Crippen LogP contribution in [0.15, 0.2) is 11.7 Å². The van der Waals surface area contributed by atoms with Crippen molar-refractivity contribution in [3.8, 4) is 0 Å². The third-order valence-electron chi connectivity index (χ3n) is 1.53. The molecule has 12 heteroatoms. The monoisotopic (exact) mass is 300 g/mol. The summed E-state index contributed by atoms with van der Waals surface area (Å²) in [5.41, 5.74) is -7.07. The summed E-state index contributed by atoms with van der Waals surface area (Å²) in [6, 6.07) is 0. The SMILES string of the molecule is F/C(=C(/F)C(F)(C(F)(F)F)C(F)(F)F)C(F)(F)F. The van der Waals surface area contributed by atoms with Gasteiger partial charge in [-0.05, 0) is 0 Å². The maximum atomic E-state index is 12.6. The highest BCUT2D eigenvalue weighted by Crippen LogP contribution is 2.53. The zero-order valence-electron chi connectivity index (χ0n) is 7.54. The molecule has 0 unspecified atom stereocenters. The van der Waals surface area contributed by atoms with Gasteiger partial charge in [-0.15, -0.1) is 0 Å². The lowest BCUT2D eigenvalue weighted by Gasteiger charge is -2.28. The summed E-state index contributed by atoms with van der Waals surface area (Å²) in [6.45, 7) is 0. The summed E-state index contributed by atoms with van der Waals surface area (Å²) < 4.78 is 141. The van der Waals surface area contributed by atoms with Gasteiger partial charge in [0.1, 0.15) is 0 Å². The zero-order valence-corrected chi connectivity index (χ0v) is 7.54. The summed E-state index contributed by atoms with van der Waals surface area (Å²) in [5.74, 6) is -9.09. The second kappa shape index (κ2) is 4.23. The number of hydrogen-bond donors (Lipinski definition) is 0. The lowest BCUT2D eigenvalue weighted by atomic mass is 10.0. The van der Waals surface area contributed by atoms with Crippen LogP contribution < -0.4 is 0 Å². The molecule has 0 heterocycles. The molecule has 0 aliphatic rings. The Hall–Kier alpha value is -1.10. The van der Waals surface area contributed by atoms with Crippen LogP contribution in [0, 0.1) is 0 Å². The molecule has 0 aliphatic carbocycles. The van der Waals surface area contributed by atoms with Crippen LogP contribution in [0.3, 0.4) is 0 Å². The molecule has 0 amide bonds. The maximum absolute atomic E-state index is 12.6. The van der Waals surface area contributed by atoms with E-state index in [-0.39, 0.29) is 0 Å². The second-order valence-corrected chi connectivity index (χ2v) is 2.78. The van der Waals surface area contributed by atoms with Crippen LogP contribution in [-0.2, 0) is 0 Å². The summed E-state index contributed by atoms with van der Waals surface area (Å²) >= 11 is 0. The third kappa shape index (κ3) is 2.66. The smallest absolute Gasteiger partial charge is 0.215 e. The Balaban J connectivity index is 6.13. The van der Waals surface area contributed by atoms with Gasteiger partial charge in [0, 0.05) is 0 Å². The topological polar surface area (TPSA) is 0 Å². The second-order valence-electron chi connectivity index (χ2n) is 2.78. The molecule has 0 aromatic rings. The largest absolute Gasteiger partial charge is 0.445 e. The Morgan fingerprint density at radius 2 is 0.778 bits per heavy atom. The van der Waals surface area contributed by atoms with Crippen molar-refractivity contribution in [2.75, 3.05) is 0 Å². The van der Waals surface area contributed by atoms with Gasteiger partial charge in [0.2, 0.25) is 5.83 Å². The van der Waals surface area contributed by atoms with E-state index < -0.39 is 35.9 Å². The van der Waals surface area contributed by atoms with E-state index in [1.54, 1.807) is 0 Å². The Bertz CT molecular complexity index is 323. The van der Waals surface area contributed by atoms with Crippen molar-refractivity contribution in [3.05, 3.63) is 11.7 Å². The van der Waals surface area contributed by atoms with Crippen molar-refractivity contribution in [1.29, 1.82) is 0 Å². The van der Waals surface area contributed by atoms with Gasteiger partial charge in [-0.1, -0.05) is 0 Å². The Labute approximate surface area is 89.9 Å². The fraction of sp³-hybridized carbons (Fsp3) is 0.667. The minimum Gasteiger partial charge on any atom is -0.215 e. The molecule has 0 atom stereocenters. The quantitative estimate of drug-likeness (QED) is 0.624. The fourth-order valence-electron chi connectivity index (χ4n) is 0.685. The standard InChI is InChI=1S/C6F12/c7-1(2(8)4(10,11)12)3(9,5(13,14)15)6(16,17)18/b2-1+. The van der Waals surface area contributed by atoms with E-state index in [4.69, 9.17) is 0 Å². The van der Waals surface area contributed by atoms with E-state index in [2.05, 4.69) is 0 Å². The highest BCUT2D eigenvalue weighted by Gasteiger charge is 2.77. The van der Waals surface area contributed by atoms with E-state index in [0.29, 0.717) is 0 Å². The first-order valence-electron chi connectivity index (χ1n) is 3.52. The molecule has 108 valence electrons. The first-order chi connectivity index (χ1) is 7.57. The predicted molar refractivity (Wildman–Crippen MR) is 31.2 cm³/mol. The Morgan fingerprint density at radius 3 is 0.944 bits per heavy atom. The van der Waals surface area contributed by atoms with Gasteiger partial charge in [0.15, 0.2) is 5.83 Å². The van der Waals surface area contributed by atoms with E-state index in [9.17, 15) is 52.7 Å². The van der Waals surface area contributed by atoms with Crippen molar-refractivity contribution in [2.24, 2.45) is 0 Å². The number of rotatable bonds is 1. The van der Waals surface area contributed by atoms with Crippen LogP contribution in [0.2, 0.25) is 0 Å². The minimum absolute atomic E-state index is 4.44. The molecule has 0 radical (unpaired) electrons. The van der Waals surface area contributed by atoms with Crippen LogP contribution in [0.5, 0.6) is 0 Å². The van der Waals surface area contributed by atoms with Gasteiger partial charge in [-0.3, -0.25) is 0 Å². The summed E-state index contributed by atoms with van der Waals surface area (Å²) in [5, 5.41) is 0. The first-order valence-corrected chi connectivity index (χ1v) is 3.52. The molecule has 0 aromatic heterocycles. The molecular weight excluding hydrogens is 300 g/mol. The molecule has 0 saturated heterocycles. The molecule has 18 heavy (non-hydrogen) atoms. The normalized spacial score (nSPS) is 16.7. The number of hydrogen-bond acceptors (Lipinski definition) is 0. The summed E-state index contributed by atoms with van der Waals surface area (Å²) in [4.78, 5) is 0. The lowest BCUT2D eigenvalue weighted by Crippen LogP contribution is -2.54. The summed E-state index contributed by atoms with van der Waals surface area (Å²) in [7, 11) is 0. The molecule has 0 N–H and O–H groups in total. The predicted octanol–water partition coefficient (Wildman–Crippen LogP) is 4.53. The molecular formula is C6F12. The van der Waals surface area contributed by atoms with E-state index in [1.807, 2.05) is 0 Å². The average molecular weight is 300 g/mol. The summed E-state index contributed by atoms with van der Waals surface area (Å²) in [6.07, 6.45) is -20.8. The fourth-order valence-corrected chi connectivity index (χ4v) is 0.685. The van der Waals surface area contributed by atoms with Crippen molar-refractivity contribution in [2.45, 2.75) is 24.2 Å². The number of alkyl halides is 10. The van der Waals surface area contributed by atoms with Crippen LogP contribution in [0.1, 0.15) is 0 Å². The van der Waals surface area contributed by atoms with Crippen molar-refractivity contribution >= 4 is 0 Å². The average Bonchev–Trinajstić information content (AvgIpc) is 2.08. The number of halogens is 12. The maximum Gasteiger partial charge on any atom is 0.445 e. The molecule has 0 fully saturated rings. The van der Waals surface area contributed by atoms with Crippen molar-refractivity contribution in [3.63, 3.8) is 0 Å². The van der Waals surface area contributed by atoms with Gasteiger partial charge < -0.3 is 0 Å². The van der Waals surface area contributed by atoms with Crippen LogP contribution in [-0.4, -0.2) is 24.2 Å². The van der Waals surface area contributed by atoms with Gasteiger partial charge in [0.25, 0.3) is 0 Å². The molecule has 0 saturated carbocycles. The van der Waals surface area contributed by atoms with E-state index >= 15 is 0 Å². The van der Waals surface area contributed by atoms with E-state index in [1.165, 1.54) is 0 Å². The highest BCUT2D eigenvalue weighted by molar-refractivity contribution is 5.23. The Kier molecular flexibility index (Phi) is 3.97. The van der Waals surface area contributed by atoms with Crippen molar-refractivity contribution in [1.82, 2.24) is 0 Å². The first kappa shape index (κ1) is 16.9. The molecule has 0 nitrogen and oxygen atoms in total. The van der Waals surface area contributed by atoms with Crippen LogP contribution >= 0.6 is 0 Å².